The quantitative estimate of drug-likeness (QED) is 0.853. The first-order valence-electron chi connectivity index (χ1n) is 6.71. The Kier molecular flexibility index (Phi) is 2.96. The number of imidazole rings is 1. The molecule has 0 bridgehead atoms. The molecule has 0 radical (unpaired) electrons. The van der Waals surface area contributed by atoms with Crippen LogP contribution in [0.1, 0.15) is 41.8 Å². The minimum absolute atomic E-state index is 0.139. The first kappa shape index (κ1) is 12.7. The van der Waals surface area contributed by atoms with E-state index in [1.54, 1.807) is 11.1 Å². The molecule has 1 aliphatic heterocycles. The van der Waals surface area contributed by atoms with Crippen molar-refractivity contribution >= 4 is 11.6 Å². The number of aromatic nitrogens is 4. The number of anilines is 1. The summed E-state index contributed by atoms with van der Waals surface area (Å²) in [5.74, 6) is 0.965. The highest BCUT2D eigenvalue weighted by Gasteiger charge is 2.27. The van der Waals surface area contributed by atoms with Crippen molar-refractivity contribution in [1.29, 1.82) is 0 Å². The second-order valence-corrected chi connectivity index (χ2v) is 5.32. The molecule has 0 atom stereocenters. The number of H-pyrrole nitrogens is 1. The van der Waals surface area contributed by atoms with Gasteiger partial charge in [-0.15, -0.1) is 0 Å². The highest BCUT2D eigenvalue weighted by atomic mass is 16.2. The number of amides is 1. The van der Waals surface area contributed by atoms with Crippen LogP contribution in [0.4, 0.5) is 5.69 Å². The lowest BCUT2D eigenvalue weighted by Crippen LogP contribution is -2.38. The molecule has 2 aromatic heterocycles. The fourth-order valence-electron chi connectivity index (χ4n) is 2.46. The van der Waals surface area contributed by atoms with Gasteiger partial charge in [0, 0.05) is 25.5 Å². The van der Waals surface area contributed by atoms with Crippen LogP contribution in [0.3, 0.4) is 0 Å². The van der Waals surface area contributed by atoms with E-state index >= 15 is 0 Å². The third kappa shape index (κ3) is 1.95. The molecule has 0 spiro atoms. The number of hydrogen-bond acceptors (Lipinski definition) is 4. The number of nitrogen functional groups attached to an aromatic ring is 1. The highest BCUT2D eigenvalue weighted by Crippen LogP contribution is 2.24. The molecular weight excluding hydrogens is 256 g/mol. The number of aromatic amines is 1. The molecular formula is C13H18N6O. The first-order valence-corrected chi connectivity index (χ1v) is 6.71. The zero-order chi connectivity index (χ0) is 14.3. The average Bonchev–Trinajstić information content (AvgIpc) is 3.03. The fraction of sp³-hybridized carbons (Fsp3) is 0.462. The Hall–Kier alpha value is -2.31. The molecule has 0 aliphatic carbocycles. The maximum absolute atomic E-state index is 12.5. The van der Waals surface area contributed by atoms with E-state index in [9.17, 15) is 4.79 Å². The van der Waals surface area contributed by atoms with Gasteiger partial charge >= 0.3 is 0 Å². The number of carbonyl (C=O) groups excluding carboxylic acids is 1. The van der Waals surface area contributed by atoms with Crippen molar-refractivity contribution in [3.8, 4) is 0 Å². The predicted molar refractivity (Wildman–Crippen MR) is 74.1 cm³/mol. The molecule has 7 heteroatoms. The van der Waals surface area contributed by atoms with Crippen molar-refractivity contribution in [2.24, 2.45) is 0 Å². The van der Waals surface area contributed by atoms with Gasteiger partial charge in [0.2, 0.25) is 0 Å². The first-order chi connectivity index (χ1) is 9.58. The highest BCUT2D eigenvalue weighted by molar-refractivity contribution is 5.97. The molecule has 0 saturated carbocycles. The van der Waals surface area contributed by atoms with Crippen LogP contribution in [-0.2, 0) is 13.1 Å². The van der Waals surface area contributed by atoms with Gasteiger partial charge in [-0.1, -0.05) is 13.8 Å². The molecule has 7 nitrogen and oxygen atoms in total. The lowest BCUT2D eigenvalue weighted by Gasteiger charge is -2.27. The van der Waals surface area contributed by atoms with Gasteiger partial charge < -0.3 is 15.2 Å². The second kappa shape index (κ2) is 4.66. The summed E-state index contributed by atoms with van der Waals surface area (Å²) in [6, 6.07) is 0. The standard InChI is InChI=1S/C13H18N6O/c1-8(2)11-10(14)12(17-16-11)13(20)19-6-5-18-4-3-15-9(18)7-19/h3-4,8H,5-7,14H2,1-2H3,(H,16,17). The maximum Gasteiger partial charge on any atom is 0.276 e. The normalized spacial score (nSPS) is 14.7. The minimum atomic E-state index is -0.139. The fourth-order valence-corrected chi connectivity index (χ4v) is 2.46. The van der Waals surface area contributed by atoms with E-state index in [1.165, 1.54) is 0 Å². The summed E-state index contributed by atoms with van der Waals surface area (Å²) in [5, 5.41) is 6.95. The van der Waals surface area contributed by atoms with Gasteiger partial charge in [-0.3, -0.25) is 9.89 Å². The zero-order valence-electron chi connectivity index (χ0n) is 11.6. The summed E-state index contributed by atoms with van der Waals surface area (Å²) in [6.07, 6.45) is 3.68. The van der Waals surface area contributed by atoms with E-state index in [2.05, 4.69) is 19.7 Å². The molecule has 1 amide bonds. The van der Waals surface area contributed by atoms with Gasteiger partial charge in [-0.2, -0.15) is 5.10 Å². The van der Waals surface area contributed by atoms with Gasteiger partial charge in [-0.05, 0) is 5.92 Å². The van der Waals surface area contributed by atoms with Crippen molar-refractivity contribution in [3.05, 3.63) is 29.6 Å². The molecule has 0 fully saturated rings. The molecule has 3 N–H and O–H groups in total. The van der Waals surface area contributed by atoms with Gasteiger partial charge in [-0.25, -0.2) is 4.98 Å². The smallest absolute Gasteiger partial charge is 0.276 e. The van der Waals surface area contributed by atoms with Crippen molar-refractivity contribution < 1.29 is 4.79 Å². The van der Waals surface area contributed by atoms with E-state index < -0.39 is 0 Å². The summed E-state index contributed by atoms with van der Waals surface area (Å²) < 4.78 is 2.05. The molecule has 0 saturated heterocycles. The number of nitrogens with two attached hydrogens (primary N) is 1. The van der Waals surface area contributed by atoms with Crippen LogP contribution >= 0.6 is 0 Å². The van der Waals surface area contributed by atoms with Crippen LogP contribution in [-0.4, -0.2) is 37.1 Å². The average molecular weight is 274 g/mol. The van der Waals surface area contributed by atoms with Gasteiger partial charge in [0.1, 0.15) is 5.82 Å². The SMILES string of the molecule is CC(C)c1[nH]nc(C(=O)N2CCn3ccnc3C2)c1N. The number of nitrogens with one attached hydrogen (secondary N) is 1. The van der Waals surface area contributed by atoms with Crippen LogP contribution in [0, 0.1) is 0 Å². The van der Waals surface area contributed by atoms with Gasteiger partial charge in [0.05, 0.1) is 17.9 Å². The predicted octanol–water partition coefficient (Wildman–Crippen LogP) is 0.968. The third-order valence-electron chi connectivity index (χ3n) is 3.65. The van der Waals surface area contributed by atoms with Crippen molar-refractivity contribution in [2.45, 2.75) is 32.9 Å². The molecule has 2 aromatic rings. The van der Waals surface area contributed by atoms with Crippen molar-refractivity contribution in [1.82, 2.24) is 24.6 Å². The summed E-state index contributed by atoms with van der Waals surface area (Å²) in [7, 11) is 0. The largest absolute Gasteiger partial charge is 0.395 e. The Morgan fingerprint density at radius 2 is 2.25 bits per heavy atom. The molecule has 20 heavy (non-hydrogen) atoms. The third-order valence-corrected chi connectivity index (χ3v) is 3.65. The van der Waals surface area contributed by atoms with Gasteiger partial charge in [0.15, 0.2) is 5.69 Å². The summed E-state index contributed by atoms with van der Waals surface area (Å²) in [4.78, 5) is 18.5. The van der Waals surface area contributed by atoms with Crippen molar-refractivity contribution in [2.75, 3.05) is 12.3 Å². The lowest BCUT2D eigenvalue weighted by atomic mass is 10.1. The Morgan fingerprint density at radius 3 is 2.95 bits per heavy atom. The van der Waals surface area contributed by atoms with Crippen molar-refractivity contribution in [3.63, 3.8) is 0 Å². The molecule has 3 rings (SSSR count). The number of carbonyl (C=O) groups is 1. The van der Waals surface area contributed by atoms with Crippen LogP contribution in [0.5, 0.6) is 0 Å². The molecule has 0 aromatic carbocycles. The zero-order valence-corrected chi connectivity index (χ0v) is 11.6. The van der Waals surface area contributed by atoms with E-state index in [0.29, 0.717) is 24.5 Å². The minimum Gasteiger partial charge on any atom is -0.395 e. The van der Waals surface area contributed by atoms with E-state index in [-0.39, 0.29) is 11.8 Å². The van der Waals surface area contributed by atoms with E-state index in [1.807, 2.05) is 20.0 Å². The summed E-state index contributed by atoms with van der Waals surface area (Å²) in [5.41, 5.74) is 7.61. The van der Waals surface area contributed by atoms with Gasteiger partial charge in [0.25, 0.3) is 5.91 Å². The summed E-state index contributed by atoms with van der Waals surface area (Å²) >= 11 is 0. The monoisotopic (exact) mass is 274 g/mol. The van der Waals surface area contributed by atoms with Crippen LogP contribution in [0.2, 0.25) is 0 Å². The lowest BCUT2D eigenvalue weighted by molar-refractivity contribution is 0.0702. The van der Waals surface area contributed by atoms with Crippen LogP contribution < -0.4 is 5.73 Å². The molecule has 3 heterocycles. The van der Waals surface area contributed by atoms with E-state index in [4.69, 9.17) is 5.73 Å². The number of rotatable bonds is 2. The van der Waals surface area contributed by atoms with Crippen LogP contribution in [0.15, 0.2) is 12.4 Å². The molecule has 0 unspecified atom stereocenters. The Morgan fingerprint density at radius 1 is 1.45 bits per heavy atom. The second-order valence-electron chi connectivity index (χ2n) is 5.32. The Labute approximate surface area is 116 Å². The number of fused-ring (bicyclic) bond motifs is 1. The van der Waals surface area contributed by atoms with Crippen LogP contribution in [0.25, 0.3) is 0 Å². The Bertz CT molecular complexity index is 641. The summed E-state index contributed by atoms with van der Waals surface area (Å²) in [6.45, 7) is 5.91. The topological polar surface area (TPSA) is 92.8 Å². The van der Waals surface area contributed by atoms with E-state index in [0.717, 1.165) is 18.1 Å². The molecule has 106 valence electrons. The number of hydrogen-bond donors (Lipinski definition) is 2. The number of nitrogens with zero attached hydrogens (tertiary/aromatic N) is 4. The molecule has 1 aliphatic rings. The maximum atomic E-state index is 12.5. The Balaban J connectivity index is 1.84.